The largest absolute Gasteiger partial charge is 0.353 e. The number of thioether (sulfide) groups is 1. The summed E-state index contributed by atoms with van der Waals surface area (Å²) in [6.45, 7) is 7.33. The van der Waals surface area contributed by atoms with Gasteiger partial charge in [-0.15, -0.1) is 23.1 Å². The lowest BCUT2D eigenvalue weighted by atomic mass is 9.88. The number of anilines is 1. The minimum Gasteiger partial charge on any atom is -0.353 e. The number of fused-ring (bicyclic) bond motifs is 1. The summed E-state index contributed by atoms with van der Waals surface area (Å²) in [5.41, 5.74) is 2.07. The van der Waals surface area contributed by atoms with E-state index in [4.69, 9.17) is 5.10 Å². The molecule has 0 aliphatic carbocycles. The predicted octanol–water partition coefficient (Wildman–Crippen LogP) is 4.22. The van der Waals surface area contributed by atoms with Crippen LogP contribution in [0.2, 0.25) is 0 Å². The zero-order chi connectivity index (χ0) is 26.0. The Morgan fingerprint density at radius 2 is 1.94 bits per heavy atom. The summed E-state index contributed by atoms with van der Waals surface area (Å²) in [6, 6.07) is 10.1. The molecule has 1 aliphatic heterocycles. The SMILES string of the molecule is CN(C)CCNC(=O)CN1C(=O)CSC(c2cccs2)c2c(C(C)(C)C)nn(-c3ccc(F)cc3)c21. The summed E-state index contributed by atoms with van der Waals surface area (Å²) in [4.78, 5) is 31.1. The molecule has 0 saturated heterocycles. The van der Waals surface area contributed by atoms with Crippen LogP contribution in [0.4, 0.5) is 10.2 Å². The normalized spacial score (nSPS) is 16.2. The van der Waals surface area contributed by atoms with Crippen molar-refractivity contribution in [3.63, 3.8) is 0 Å². The number of nitrogens with one attached hydrogen (secondary N) is 1. The lowest BCUT2D eigenvalue weighted by Gasteiger charge is -2.24. The highest BCUT2D eigenvalue weighted by Gasteiger charge is 2.40. The third-order valence-corrected chi connectivity index (χ3v) is 8.18. The number of carbonyl (C=O) groups is 2. The van der Waals surface area contributed by atoms with E-state index in [-0.39, 0.29) is 40.6 Å². The number of nitrogens with zero attached hydrogens (tertiary/aromatic N) is 4. The van der Waals surface area contributed by atoms with Crippen molar-refractivity contribution >= 4 is 40.7 Å². The van der Waals surface area contributed by atoms with Gasteiger partial charge in [-0.05, 0) is 49.8 Å². The fourth-order valence-electron chi connectivity index (χ4n) is 4.12. The maximum Gasteiger partial charge on any atom is 0.240 e. The van der Waals surface area contributed by atoms with Crippen molar-refractivity contribution in [3.05, 3.63) is 63.7 Å². The molecule has 0 saturated carbocycles. The topological polar surface area (TPSA) is 70.5 Å². The monoisotopic (exact) mass is 529 g/mol. The Morgan fingerprint density at radius 3 is 2.56 bits per heavy atom. The molecule has 3 aromatic rings. The molecule has 0 spiro atoms. The Hall–Kier alpha value is -2.69. The molecule has 36 heavy (non-hydrogen) atoms. The van der Waals surface area contributed by atoms with Crippen LogP contribution in [0.3, 0.4) is 0 Å². The van der Waals surface area contributed by atoms with Gasteiger partial charge in [-0.1, -0.05) is 26.8 Å². The zero-order valence-electron chi connectivity index (χ0n) is 21.2. The van der Waals surface area contributed by atoms with E-state index in [1.54, 1.807) is 44.8 Å². The van der Waals surface area contributed by atoms with Crippen molar-refractivity contribution in [2.45, 2.75) is 31.4 Å². The molecule has 1 unspecified atom stereocenters. The van der Waals surface area contributed by atoms with Crippen LogP contribution in [0.1, 0.15) is 42.2 Å². The summed E-state index contributed by atoms with van der Waals surface area (Å²) >= 11 is 3.19. The zero-order valence-corrected chi connectivity index (χ0v) is 22.9. The second-order valence-electron chi connectivity index (χ2n) is 10.1. The van der Waals surface area contributed by atoms with Crippen molar-refractivity contribution in [2.75, 3.05) is 44.4 Å². The summed E-state index contributed by atoms with van der Waals surface area (Å²) in [7, 11) is 3.88. The van der Waals surface area contributed by atoms with E-state index in [9.17, 15) is 14.0 Å². The van der Waals surface area contributed by atoms with Crippen molar-refractivity contribution in [2.24, 2.45) is 0 Å². The number of amides is 2. The molecule has 4 rings (SSSR count). The smallest absolute Gasteiger partial charge is 0.240 e. The minimum atomic E-state index is -0.353. The molecular formula is C26H32FN5O2S2. The fraction of sp³-hybridized carbons (Fsp3) is 0.423. The van der Waals surface area contributed by atoms with E-state index in [0.717, 1.165) is 16.1 Å². The summed E-state index contributed by atoms with van der Waals surface area (Å²) < 4.78 is 15.5. The Balaban J connectivity index is 1.88. The van der Waals surface area contributed by atoms with Gasteiger partial charge >= 0.3 is 0 Å². The number of carbonyl (C=O) groups excluding carboxylic acids is 2. The number of aromatic nitrogens is 2. The number of hydrogen-bond donors (Lipinski definition) is 1. The van der Waals surface area contributed by atoms with E-state index < -0.39 is 0 Å². The van der Waals surface area contributed by atoms with E-state index in [1.165, 1.54) is 12.1 Å². The van der Waals surface area contributed by atoms with Gasteiger partial charge in [0, 0.05) is 28.9 Å². The minimum absolute atomic E-state index is 0.117. The number of halogens is 1. The molecule has 10 heteroatoms. The lowest BCUT2D eigenvalue weighted by molar-refractivity contribution is -0.122. The third kappa shape index (κ3) is 5.66. The van der Waals surface area contributed by atoms with Crippen molar-refractivity contribution in [3.8, 4) is 5.69 Å². The first-order chi connectivity index (χ1) is 17.1. The van der Waals surface area contributed by atoms with Crippen molar-refractivity contribution in [1.29, 1.82) is 0 Å². The van der Waals surface area contributed by atoms with Crippen LogP contribution >= 0.6 is 23.1 Å². The number of hydrogen-bond acceptors (Lipinski definition) is 6. The fourth-order valence-corrected chi connectivity index (χ4v) is 6.29. The molecule has 1 atom stereocenters. The summed E-state index contributed by atoms with van der Waals surface area (Å²) in [6.07, 6.45) is 0. The molecule has 1 aromatic carbocycles. The van der Waals surface area contributed by atoms with Crippen LogP contribution in [0.5, 0.6) is 0 Å². The summed E-state index contributed by atoms with van der Waals surface area (Å²) in [5, 5.41) is 9.82. The first kappa shape index (κ1) is 26.4. The molecule has 192 valence electrons. The Morgan fingerprint density at radius 1 is 1.22 bits per heavy atom. The Labute approximate surface area is 219 Å². The Bertz CT molecular complexity index is 1220. The standard InChI is InChI=1S/C26H32FN5O2S2/c1-26(2,3)24-22-23(19-7-6-14-35-19)36-16-21(34)31(15-20(33)28-12-13-30(4)5)25(22)32(29-24)18-10-8-17(27)9-11-18/h6-11,14,23H,12-13,15-16H2,1-5H3,(H,28,33). The van der Waals surface area contributed by atoms with Crippen LogP contribution in [-0.4, -0.2) is 66.0 Å². The highest BCUT2D eigenvalue weighted by molar-refractivity contribution is 8.00. The van der Waals surface area contributed by atoms with Gasteiger partial charge in [0.15, 0.2) is 0 Å². The average Bonchev–Trinajstić information content (AvgIpc) is 3.44. The quantitative estimate of drug-likeness (QED) is 0.496. The highest BCUT2D eigenvalue weighted by Crippen LogP contribution is 2.49. The highest BCUT2D eigenvalue weighted by atomic mass is 32.2. The van der Waals surface area contributed by atoms with Crippen molar-refractivity contribution < 1.29 is 14.0 Å². The van der Waals surface area contributed by atoms with E-state index >= 15 is 0 Å². The molecule has 0 fully saturated rings. The van der Waals surface area contributed by atoms with E-state index in [1.807, 2.05) is 30.4 Å². The number of thiophene rings is 1. The van der Waals surface area contributed by atoms with Gasteiger partial charge in [-0.2, -0.15) is 5.10 Å². The molecule has 0 bridgehead atoms. The maximum absolute atomic E-state index is 13.8. The molecule has 1 N–H and O–H groups in total. The second kappa shape index (κ2) is 10.7. The Kier molecular flexibility index (Phi) is 7.87. The van der Waals surface area contributed by atoms with Crippen LogP contribution in [0.25, 0.3) is 5.69 Å². The third-order valence-electron chi connectivity index (χ3n) is 5.86. The van der Waals surface area contributed by atoms with E-state index in [2.05, 4.69) is 32.2 Å². The molecule has 7 nitrogen and oxygen atoms in total. The van der Waals surface area contributed by atoms with Gasteiger partial charge < -0.3 is 10.2 Å². The average molecular weight is 530 g/mol. The molecule has 0 radical (unpaired) electrons. The molecular weight excluding hydrogens is 497 g/mol. The maximum atomic E-state index is 13.8. The first-order valence-corrected chi connectivity index (χ1v) is 13.7. The number of rotatable bonds is 7. The van der Waals surface area contributed by atoms with E-state index in [0.29, 0.717) is 24.6 Å². The molecule has 3 heterocycles. The first-order valence-electron chi connectivity index (χ1n) is 11.8. The number of benzene rings is 1. The van der Waals surface area contributed by atoms with Gasteiger partial charge in [0.25, 0.3) is 0 Å². The molecule has 2 aromatic heterocycles. The number of likely N-dealkylation sites (N-methyl/N-ethyl adjacent to an activating group) is 1. The van der Waals surface area contributed by atoms with Crippen molar-refractivity contribution in [1.82, 2.24) is 20.0 Å². The van der Waals surface area contributed by atoms with Gasteiger partial charge in [-0.3, -0.25) is 14.5 Å². The van der Waals surface area contributed by atoms with Crippen LogP contribution in [0, 0.1) is 5.82 Å². The van der Waals surface area contributed by atoms with Gasteiger partial charge in [-0.25, -0.2) is 9.07 Å². The van der Waals surface area contributed by atoms with Crippen LogP contribution in [-0.2, 0) is 15.0 Å². The van der Waals surface area contributed by atoms with Gasteiger partial charge in [0.2, 0.25) is 11.8 Å². The predicted molar refractivity (Wildman–Crippen MR) is 145 cm³/mol. The van der Waals surface area contributed by atoms with Gasteiger partial charge in [0.05, 0.1) is 22.4 Å². The molecule has 1 aliphatic rings. The molecule has 2 amide bonds. The summed E-state index contributed by atoms with van der Waals surface area (Å²) in [5.74, 6) is 0.0533. The lowest BCUT2D eigenvalue weighted by Crippen LogP contribution is -2.43. The second-order valence-corrected chi connectivity index (χ2v) is 12.1. The van der Waals surface area contributed by atoms with Crippen LogP contribution in [0.15, 0.2) is 41.8 Å². The van der Waals surface area contributed by atoms with Crippen LogP contribution < -0.4 is 10.2 Å². The van der Waals surface area contributed by atoms with Gasteiger partial charge in [0.1, 0.15) is 18.2 Å².